The van der Waals surface area contributed by atoms with Gasteiger partial charge in [-0.05, 0) is 0 Å². The molecule has 1 aromatic heterocycles. The van der Waals surface area contributed by atoms with Crippen LogP contribution in [0, 0.1) is 0 Å². The van der Waals surface area contributed by atoms with E-state index in [1.807, 2.05) is 0 Å². The molecule has 1 aromatic rings. The summed E-state index contributed by atoms with van der Waals surface area (Å²) in [5, 5.41) is 6.46. The number of hydrogen-bond donors (Lipinski definition) is 1. The van der Waals surface area contributed by atoms with E-state index < -0.39 is 10.8 Å². The first kappa shape index (κ1) is 12.7. The highest BCUT2D eigenvalue weighted by Gasteiger charge is 2.16. The maximum absolute atomic E-state index is 11.5. The molecule has 0 fully saturated rings. The van der Waals surface area contributed by atoms with Crippen LogP contribution in [0.15, 0.2) is 12.4 Å². The molecule has 0 radical (unpaired) electrons. The monoisotopic (exact) mass is 289 g/mol. The minimum absolute atomic E-state index is 0.167. The Labute approximate surface area is 101 Å². The standard InChI is InChI=1S/C9H12BrN3O3/c1-13-5-6(3-12-13)8(14)11-4-7(10)9(15)16-2/h3,5,7H,4H2,1-2H3,(H,11,14). The summed E-state index contributed by atoms with van der Waals surface area (Å²) in [7, 11) is 3.01. The van der Waals surface area contributed by atoms with Crippen LogP contribution < -0.4 is 5.32 Å². The topological polar surface area (TPSA) is 73.2 Å². The molecule has 1 unspecified atom stereocenters. The molecule has 7 heteroatoms. The second-order valence-electron chi connectivity index (χ2n) is 3.10. The van der Waals surface area contributed by atoms with Crippen molar-refractivity contribution >= 4 is 27.8 Å². The van der Waals surface area contributed by atoms with Crippen LogP contribution in [0.1, 0.15) is 10.4 Å². The number of nitrogens with one attached hydrogen (secondary N) is 1. The number of aryl methyl sites for hydroxylation is 1. The third-order valence-corrected chi connectivity index (χ3v) is 2.56. The summed E-state index contributed by atoms with van der Waals surface area (Å²) in [6.07, 6.45) is 3.05. The summed E-state index contributed by atoms with van der Waals surface area (Å²) in [6.45, 7) is 0.167. The van der Waals surface area contributed by atoms with E-state index in [0.717, 1.165) is 0 Å². The Morgan fingerprint density at radius 1 is 1.69 bits per heavy atom. The number of methoxy groups -OCH3 is 1. The molecular weight excluding hydrogens is 278 g/mol. The molecule has 1 heterocycles. The molecule has 0 aliphatic carbocycles. The minimum Gasteiger partial charge on any atom is -0.468 e. The van der Waals surface area contributed by atoms with Crippen molar-refractivity contribution < 1.29 is 14.3 Å². The molecular formula is C9H12BrN3O3. The number of ether oxygens (including phenoxy) is 1. The van der Waals surface area contributed by atoms with Crippen molar-refractivity contribution in [1.29, 1.82) is 0 Å². The molecule has 6 nitrogen and oxygen atoms in total. The van der Waals surface area contributed by atoms with Crippen LogP contribution in [-0.4, -0.2) is 40.1 Å². The van der Waals surface area contributed by atoms with Gasteiger partial charge in [0.05, 0.1) is 18.9 Å². The maximum Gasteiger partial charge on any atom is 0.321 e. The van der Waals surface area contributed by atoms with Crippen LogP contribution in [-0.2, 0) is 16.6 Å². The van der Waals surface area contributed by atoms with Crippen molar-refractivity contribution in [2.24, 2.45) is 7.05 Å². The van der Waals surface area contributed by atoms with E-state index >= 15 is 0 Å². The van der Waals surface area contributed by atoms with Gasteiger partial charge in [0.15, 0.2) is 0 Å². The summed E-state index contributed by atoms with van der Waals surface area (Å²) in [5.74, 6) is -0.701. The number of carbonyl (C=O) groups is 2. The number of alkyl halides is 1. The summed E-state index contributed by atoms with van der Waals surface area (Å²) >= 11 is 3.10. The highest BCUT2D eigenvalue weighted by molar-refractivity contribution is 9.10. The lowest BCUT2D eigenvalue weighted by atomic mass is 10.3. The van der Waals surface area contributed by atoms with Gasteiger partial charge in [-0.3, -0.25) is 14.3 Å². The zero-order valence-corrected chi connectivity index (χ0v) is 10.5. The van der Waals surface area contributed by atoms with E-state index in [-0.39, 0.29) is 12.5 Å². The van der Waals surface area contributed by atoms with Crippen LogP contribution in [0.4, 0.5) is 0 Å². The first-order valence-electron chi connectivity index (χ1n) is 4.53. The van der Waals surface area contributed by atoms with Gasteiger partial charge in [0.2, 0.25) is 0 Å². The molecule has 0 spiro atoms. The highest BCUT2D eigenvalue weighted by Crippen LogP contribution is 2.01. The highest BCUT2D eigenvalue weighted by atomic mass is 79.9. The van der Waals surface area contributed by atoms with Gasteiger partial charge < -0.3 is 10.1 Å². The quantitative estimate of drug-likeness (QED) is 0.630. The summed E-state index contributed by atoms with van der Waals surface area (Å²) in [6, 6.07) is 0. The Bertz CT molecular complexity index is 391. The normalized spacial score (nSPS) is 11.9. The first-order chi connectivity index (χ1) is 7.54. The van der Waals surface area contributed by atoms with Gasteiger partial charge in [-0.2, -0.15) is 5.10 Å². The van der Waals surface area contributed by atoms with Gasteiger partial charge in [0.1, 0.15) is 4.83 Å². The lowest BCUT2D eigenvalue weighted by Crippen LogP contribution is -2.33. The zero-order chi connectivity index (χ0) is 12.1. The number of amides is 1. The maximum atomic E-state index is 11.5. The van der Waals surface area contributed by atoms with Crippen molar-refractivity contribution in [2.75, 3.05) is 13.7 Å². The smallest absolute Gasteiger partial charge is 0.321 e. The number of aromatic nitrogens is 2. The molecule has 16 heavy (non-hydrogen) atoms. The summed E-state index contributed by atoms with van der Waals surface area (Å²) < 4.78 is 6.03. The largest absolute Gasteiger partial charge is 0.468 e. The molecule has 0 saturated carbocycles. The second kappa shape index (κ2) is 5.64. The molecule has 0 aliphatic rings. The van der Waals surface area contributed by atoms with Crippen LogP contribution in [0.5, 0.6) is 0 Å². The molecule has 0 bridgehead atoms. The van der Waals surface area contributed by atoms with Crippen molar-refractivity contribution in [2.45, 2.75) is 4.83 Å². The molecule has 0 aliphatic heterocycles. The third kappa shape index (κ3) is 3.34. The SMILES string of the molecule is COC(=O)C(Br)CNC(=O)c1cnn(C)c1. The molecule has 0 saturated heterocycles. The molecule has 1 amide bonds. The van der Waals surface area contributed by atoms with E-state index in [2.05, 4.69) is 31.1 Å². The van der Waals surface area contributed by atoms with Gasteiger partial charge >= 0.3 is 5.97 Å². The molecule has 0 aromatic carbocycles. The van der Waals surface area contributed by atoms with E-state index in [4.69, 9.17) is 0 Å². The Morgan fingerprint density at radius 3 is 2.88 bits per heavy atom. The fourth-order valence-electron chi connectivity index (χ4n) is 1.03. The van der Waals surface area contributed by atoms with E-state index in [0.29, 0.717) is 5.56 Å². The molecule has 1 rings (SSSR count). The Balaban J connectivity index is 2.44. The van der Waals surface area contributed by atoms with Crippen molar-refractivity contribution in [3.63, 3.8) is 0 Å². The average Bonchev–Trinajstić information content (AvgIpc) is 2.71. The second-order valence-corrected chi connectivity index (χ2v) is 4.21. The summed E-state index contributed by atoms with van der Waals surface area (Å²) in [4.78, 5) is 22.0. The molecule has 1 N–H and O–H groups in total. The molecule has 1 atom stereocenters. The Hall–Kier alpha value is -1.37. The number of hydrogen-bond acceptors (Lipinski definition) is 4. The fraction of sp³-hybridized carbons (Fsp3) is 0.444. The number of rotatable bonds is 4. The van der Waals surface area contributed by atoms with Crippen LogP contribution >= 0.6 is 15.9 Å². The predicted molar refractivity (Wildman–Crippen MR) is 60.3 cm³/mol. The number of nitrogens with zero attached hydrogens (tertiary/aromatic N) is 2. The van der Waals surface area contributed by atoms with E-state index in [1.54, 1.807) is 13.2 Å². The van der Waals surface area contributed by atoms with Crippen molar-refractivity contribution in [3.8, 4) is 0 Å². The minimum atomic E-state index is -0.543. The number of esters is 1. The number of halogens is 1. The van der Waals surface area contributed by atoms with Gasteiger partial charge in [-0.15, -0.1) is 0 Å². The lowest BCUT2D eigenvalue weighted by Gasteiger charge is -2.08. The van der Waals surface area contributed by atoms with Crippen molar-refractivity contribution in [3.05, 3.63) is 18.0 Å². The molecule has 88 valence electrons. The summed E-state index contributed by atoms with van der Waals surface area (Å²) in [5.41, 5.74) is 0.451. The number of carbonyl (C=O) groups excluding carboxylic acids is 2. The van der Waals surface area contributed by atoms with Gasteiger partial charge in [-0.1, -0.05) is 15.9 Å². The third-order valence-electron chi connectivity index (χ3n) is 1.87. The predicted octanol–water partition coefficient (Wildman–Crippen LogP) is 0.0864. The Morgan fingerprint density at radius 2 is 2.38 bits per heavy atom. The van der Waals surface area contributed by atoms with Crippen LogP contribution in [0.2, 0.25) is 0 Å². The zero-order valence-electron chi connectivity index (χ0n) is 8.94. The first-order valence-corrected chi connectivity index (χ1v) is 5.45. The van der Waals surface area contributed by atoms with Gasteiger partial charge in [0, 0.05) is 19.8 Å². The van der Waals surface area contributed by atoms with Gasteiger partial charge in [0.25, 0.3) is 5.91 Å². The van der Waals surface area contributed by atoms with Crippen LogP contribution in [0.3, 0.4) is 0 Å². The van der Waals surface area contributed by atoms with Crippen LogP contribution in [0.25, 0.3) is 0 Å². The average molecular weight is 290 g/mol. The van der Waals surface area contributed by atoms with E-state index in [9.17, 15) is 9.59 Å². The van der Waals surface area contributed by atoms with E-state index in [1.165, 1.54) is 18.0 Å². The fourth-order valence-corrected chi connectivity index (χ4v) is 1.38. The van der Waals surface area contributed by atoms with Crippen molar-refractivity contribution in [1.82, 2.24) is 15.1 Å². The van der Waals surface area contributed by atoms with Gasteiger partial charge in [-0.25, -0.2) is 0 Å². The lowest BCUT2D eigenvalue weighted by molar-refractivity contribution is -0.139. The Kier molecular flexibility index (Phi) is 4.48.